The van der Waals surface area contributed by atoms with Crippen LogP contribution in [0, 0.1) is 0 Å². The lowest BCUT2D eigenvalue weighted by atomic mass is 9.79. The summed E-state index contributed by atoms with van der Waals surface area (Å²) in [5, 5.41) is 0. The molecule has 1 rings (SSSR count). The molecule has 0 aromatic carbocycles. The van der Waals surface area contributed by atoms with Gasteiger partial charge < -0.3 is 0 Å². The van der Waals surface area contributed by atoms with Gasteiger partial charge in [0.25, 0.3) is 0 Å². The van der Waals surface area contributed by atoms with Crippen LogP contribution in [0.15, 0.2) is 12.2 Å². The van der Waals surface area contributed by atoms with Gasteiger partial charge in [-0.2, -0.15) is 0 Å². The summed E-state index contributed by atoms with van der Waals surface area (Å²) in [5.41, 5.74) is 8.45. The highest BCUT2D eigenvalue weighted by Crippen LogP contribution is 2.31. The van der Waals surface area contributed by atoms with Crippen LogP contribution < -0.4 is 5.73 Å². The first kappa shape index (κ1) is 22.7. The fraction of sp³-hybridized carbons (Fsp3) is 0.917. The molecule has 0 aromatic rings. The maximum absolute atomic E-state index is 8.50. The Morgan fingerprint density at radius 1 is 0.640 bits per heavy atom. The summed E-state index contributed by atoms with van der Waals surface area (Å²) in [4.78, 5) is 0. The maximum Gasteiger partial charge on any atom is 0.0324 e. The molecule has 147 valence electrons. The van der Waals surface area contributed by atoms with E-state index < -0.39 is 0 Å². The number of rotatable bonds is 16. The lowest BCUT2D eigenvalue weighted by Crippen LogP contribution is -2.33. The molecular formula is C24H46N. The molecule has 0 saturated heterocycles. The predicted octanol–water partition coefficient (Wildman–Crippen LogP) is 8.40. The van der Waals surface area contributed by atoms with E-state index in [1.54, 1.807) is 0 Å². The van der Waals surface area contributed by atoms with Crippen molar-refractivity contribution in [3.8, 4) is 0 Å². The lowest BCUT2D eigenvalue weighted by molar-refractivity contribution is 0.259. The molecule has 0 aromatic heterocycles. The van der Waals surface area contributed by atoms with Crippen molar-refractivity contribution in [2.24, 2.45) is 0 Å². The summed E-state index contributed by atoms with van der Waals surface area (Å²) in [6.07, 6.45) is 31.5. The Morgan fingerprint density at radius 2 is 1.12 bits per heavy atom. The number of hydrogen-bond acceptors (Lipinski definition) is 0. The van der Waals surface area contributed by atoms with E-state index in [4.69, 9.17) is 5.73 Å². The number of allylic oxidation sites excluding steroid dienone is 2. The van der Waals surface area contributed by atoms with Crippen LogP contribution in [0.1, 0.15) is 135 Å². The Bertz CT molecular complexity index is 301. The molecule has 1 heteroatoms. The van der Waals surface area contributed by atoms with E-state index in [1.807, 2.05) is 0 Å². The van der Waals surface area contributed by atoms with E-state index in [0.29, 0.717) is 0 Å². The normalized spacial score (nSPS) is 17.4. The van der Waals surface area contributed by atoms with Crippen molar-refractivity contribution >= 4 is 0 Å². The van der Waals surface area contributed by atoms with Crippen molar-refractivity contribution in [2.75, 3.05) is 0 Å². The third-order valence-electron chi connectivity index (χ3n) is 5.98. The molecule has 0 heterocycles. The summed E-state index contributed by atoms with van der Waals surface area (Å²) in [5.74, 6) is 0. The van der Waals surface area contributed by atoms with Gasteiger partial charge in [-0.3, -0.25) is 5.73 Å². The van der Waals surface area contributed by atoms with Crippen molar-refractivity contribution in [1.29, 1.82) is 0 Å². The zero-order valence-electron chi connectivity index (χ0n) is 17.3. The van der Waals surface area contributed by atoms with Crippen molar-refractivity contribution in [3.63, 3.8) is 0 Å². The molecule has 1 aliphatic carbocycles. The van der Waals surface area contributed by atoms with E-state index >= 15 is 0 Å². The monoisotopic (exact) mass is 348 g/mol. The Morgan fingerprint density at radius 3 is 1.68 bits per heavy atom. The fourth-order valence-corrected chi connectivity index (χ4v) is 4.19. The Kier molecular flexibility index (Phi) is 14.5. The molecule has 0 spiro atoms. The summed E-state index contributed by atoms with van der Waals surface area (Å²) in [7, 11) is 0. The molecule has 0 bridgehead atoms. The van der Waals surface area contributed by atoms with Gasteiger partial charge in [-0.25, -0.2) is 0 Å². The largest absolute Gasteiger partial charge is 0.251 e. The van der Waals surface area contributed by atoms with E-state index in [-0.39, 0.29) is 5.54 Å². The summed E-state index contributed by atoms with van der Waals surface area (Å²) in [6, 6.07) is 0. The van der Waals surface area contributed by atoms with Crippen LogP contribution in [0.25, 0.3) is 0 Å². The van der Waals surface area contributed by atoms with Gasteiger partial charge in [-0.05, 0) is 44.9 Å². The molecule has 0 unspecified atom stereocenters. The van der Waals surface area contributed by atoms with Crippen LogP contribution in [0.2, 0.25) is 0 Å². The molecule has 1 fully saturated rings. The quantitative estimate of drug-likeness (QED) is 0.197. The van der Waals surface area contributed by atoms with Crippen LogP contribution in [0.5, 0.6) is 0 Å². The molecule has 1 saturated carbocycles. The fourth-order valence-electron chi connectivity index (χ4n) is 4.19. The molecule has 1 aliphatic rings. The number of nitrogens with one attached hydrogen (secondary N) is 1. The minimum Gasteiger partial charge on any atom is -0.251 e. The summed E-state index contributed by atoms with van der Waals surface area (Å²) < 4.78 is 0. The zero-order chi connectivity index (χ0) is 18.1. The lowest BCUT2D eigenvalue weighted by Gasteiger charge is -2.32. The topological polar surface area (TPSA) is 23.8 Å². The van der Waals surface area contributed by atoms with Crippen LogP contribution in [0.3, 0.4) is 0 Å². The van der Waals surface area contributed by atoms with Gasteiger partial charge in [-0.15, -0.1) is 0 Å². The highest BCUT2D eigenvalue weighted by atomic mass is 14.7. The second kappa shape index (κ2) is 15.9. The van der Waals surface area contributed by atoms with Crippen molar-refractivity contribution in [2.45, 2.75) is 141 Å². The van der Waals surface area contributed by atoms with Crippen molar-refractivity contribution in [1.82, 2.24) is 5.73 Å². The number of unbranched alkanes of at least 4 members (excludes halogenated alkanes) is 12. The Hall–Kier alpha value is -0.300. The zero-order valence-corrected chi connectivity index (χ0v) is 17.3. The molecule has 1 nitrogen and oxygen atoms in total. The standard InChI is InChI=1S/C24H46N/c1-2-3-4-5-6-7-8-9-10-11-12-13-14-15-16-18-21-24(25)22-19-17-20-23-24/h9-10,25H,2-8,11-23H2,1H3/b10-9+. The van der Waals surface area contributed by atoms with E-state index in [0.717, 1.165) is 19.3 Å². The highest BCUT2D eigenvalue weighted by molar-refractivity contribution is 4.86. The van der Waals surface area contributed by atoms with Gasteiger partial charge >= 0.3 is 0 Å². The second-order valence-corrected chi connectivity index (χ2v) is 8.53. The van der Waals surface area contributed by atoms with Gasteiger partial charge in [0, 0.05) is 5.54 Å². The van der Waals surface area contributed by atoms with Gasteiger partial charge in [0.2, 0.25) is 0 Å². The molecule has 1 radical (unpaired) electrons. The molecule has 0 atom stereocenters. The Balaban J connectivity index is 1.77. The van der Waals surface area contributed by atoms with Gasteiger partial charge in [0.15, 0.2) is 0 Å². The minimum absolute atomic E-state index is 0.0426. The predicted molar refractivity (Wildman–Crippen MR) is 113 cm³/mol. The van der Waals surface area contributed by atoms with E-state index in [9.17, 15) is 0 Å². The van der Waals surface area contributed by atoms with Crippen molar-refractivity contribution in [3.05, 3.63) is 12.2 Å². The first-order chi connectivity index (χ1) is 12.3. The SMILES string of the molecule is CCCCCCCC/C=C/CCCCCCCCC1([NH])CCCCC1. The third-order valence-corrected chi connectivity index (χ3v) is 5.98. The highest BCUT2D eigenvalue weighted by Gasteiger charge is 2.27. The second-order valence-electron chi connectivity index (χ2n) is 8.53. The summed E-state index contributed by atoms with van der Waals surface area (Å²) in [6.45, 7) is 2.28. The van der Waals surface area contributed by atoms with Gasteiger partial charge in [0.05, 0.1) is 0 Å². The minimum atomic E-state index is -0.0426. The Labute approximate surface area is 159 Å². The van der Waals surface area contributed by atoms with Crippen LogP contribution in [-0.2, 0) is 0 Å². The molecule has 25 heavy (non-hydrogen) atoms. The number of hydrogen-bond donors (Lipinski definition) is 0. The summed E-state index contributed by atoms with van der Waals surface area (Å²) >= 11 is 0. The average Bonchev–Trinajstić information content (AvgIpc) is 2.62. The average molecular weight is 349 g/mol. The van der Waals surface area contributed by atoms with Crippen LogP contribution in [-0.4, -0.2) is 5.54 Å². The van der Waals surface area contributed by atoms with Crippen LogP contribution >= 0.6 is 0 Å². The first-order valence-electron chi connectivity index (χ1n) is 11.7. The van der Waals surface area contributed by atoms with Gasteiger partial charge in [-0.1, -0.05) is 103 Å². The van der Waals surface area contributed by atoms with E-state index in [2.05, 4.69) is 19.1 Å². The molecular weight excluding hydrogens is 302 g/mol. The first-order valence-corrected chi connectivity index (χ1v) is 11.7. The molecule has 0 aliphatic heterocycles. The molecule has 1 N–H and O–H groups in total. The van der Waals surface area contributed by atoms with Crippen molar-refractivity contribution < 1.29 is 0 Å². The van der Waals surface area contributed by atoms with Gasteiger partial charge in [0.1, 0.15) is 0 Å². The third kappa shape index (κ3) is 13.5. The van der Waals surface area contributed by atoms with Crippen LogP contribution in [0.4, 0.5) is 0 Å². The smallest absolute Gasteiger partial charge is 0.0324 e. The maximum atomic E-state index is 8.50. The van der Waals surface area contributed by atoms with E-state index in [1.165, 1.54) is 109 Å². The molecule has 0 amide bonds.